The van der Waals surface area contributed by atoms with Gasteiger partial charge in [0, 0.05) is 31.6 Å². The van der Waals surface area contributed by atoms with Crippen LogP contribution in [0.1, 0.15) is 16.4 Å². The van der Waals surface area contributed by atoms with Crippen LogP contribution in [0.2, 0.25) is 0 Å². The number of aromatic amines is 1. The van der Waals surface area contributed by atoms with Crippen molar-refractivity contribution in [2.45, 2.75) is 19.1 Å². The molecule has 0 aliphatic heterocycles. The molecule has 0 spiro atoms. The van der Waals surface area contributed by atoms with E-state index in [1.807, 2.05) is 6.07 Å². The number of nitrogens with zero attached hydrogens (tertiary/aromatic N) is 3. The van der Waals surface area contributed by atoms with E-state index >= 15 is 0 Å². The Hall–Kier alpha value is -2.10. The van der Waals surface area contributed by atoms with E-state index < -0.39 is 11.9 Å². The van der Waals surface area contributed by atoms with Gasteiger partial charge >= 0.3 is 6.18 Å². The normalized spacial score (nSPS) is 12.5. The first-order valence-electron chi connectivity index (χ1n) is 6.43. The molecule has 2 aromatic heterocycles. The standard InChI is InChI=1S/C12H15F3N6S/c1-16-11(18-6-8-2-5-19-21-8)17-4-3-10-20-9(7-22-10)12(13,14)15/h2,5,7H,3-4,6H2,1H3,(H,19,21)(H2,16,17,18). The van der Waals surface area contributed by atoms with Gasteiger partial charge in [0.15, 0.2) is 11.7 Å². The third-order valence-corrected chi connectivity index (χ3v) is 3.61. The molecule has 0 aromatic carbocycles. The second kappa shape index (κ2) is 7.25. The Balaban J connectivity index is 1.75. The monoisotopic (exact) mass is 332 g/mol. The molecular weight excluding hydrogens is 317 g/mol. The van der Waals surface area contributed by atoms with Crippen LogP contribution in [0.3, 0.4) is 0 Å². The number of hydrogen-bond acceptors (Lipinski definition) is 4. The lowest BCUT2D eigenvalue weighted by atomic mass is 10.4. The number of alkyl halides is 3. The fourth-order valence-electron chi connectivity index (χ4n) is 1.63. The summed E-state index contributed by atoms with van der Waals surface area (Å²) < 4.78 is 37.3. The van der Waals surface area contributed by atoms with Crippen molar-refractivity contribution in [2.75, 3.05) is 13.6 Å². The van der Waals surface area contributed by atoms with Gasteiger partial charge in [0.2, 0.25) is 0 Å². The molecule has 3 N–H and O–H groups in total. The predicted molar refractivity (Wildman–Crippen MR) is 77.6 cm³/mol. The van der Waals surface area contributed by atoms with E-state index in [2.05, 4.69) is 30.8 Å². The van der Waals surface area contributed by atoms with E-state index in [9.17, 15) is 13.2 Å². The van der Waals surface area contributed by atoms with Crippen LogP contribution in [0.4, 0.5) is 13.2 Å². The molecular formula is C12H15F3N6S. The highest BCUT2D eigenvalue weighted by atomic mass is 32.1. The Kier molecular flexibility index (Phi) is 5.36. The van der Waals surface area contributed by atoms with Crippen LogP contribution in [0.15, 0.2) is 22.6 Å². The maximum Gasteiger partial charge on any atom is 0.434 e. The van der Waals surface area contributed by atoms with Gasteiger partial charge in [-0.2, -0.15) is 18.3 Å². The maximum absolute atomic E-state index is 12.4. The summed E-state index contributed by atoms with van der Waals surface area (Å²) >= 11 is 1.00. The summed E-state index contributed by atoms with van der Waals surface area (Å²) in [5, 5.41) is 14.2. The lowest BCUT2D eigenvalue weighted by molar-refractivity contribution is -0.140. The molecule has 2 aromatic rings. The lowest BCUT2D eigenvalue weighted by Crippen LogP contribution is -2.37. The minimum atomic E-state index is -4.39. The van der Waals surface area contributed by atoms with Crippen molar-refractivity contribution in [3.63, 3.8) is 0 Å². The van der Waals surface area contributed by atoms with Crippen LogP contribution >= 0.6 is 11.3 Å². The average Bonchev–Trinajstić information content (AvgIpc) is 3.13. The molecule has 0 aliphatic rings. The second-order valence-corrected chi connectivity index (χ2v) is 5.25. The van der Waals surface area contributed by atoms with Crippen molar-refractivity contribution in [3.8, 4) is 0 Å². The fourth-order valence-corrected chi connectivity index (χ4v) is 2.43. The van der Waals surface area contributed by atoms with E-state index in [4.69, 9.17) is 0 Å². The van der Waals surface area contributed by atoms with Gasteiger partial charge in [-0.05, 0) is 6.07 Å². The molecule has 2 heterocycles. The lowest BCUT2D eigenvalue weighted by Gasteiger charge is -2.10. The van der Waals surface area contributed by atoms with E-state index in [1.54, 1.807) is 13.2 Å². The van der Waals surface area contributed by atoms with Crippen molar-refractivity contribution < 1.29 is 13.2 Å². The largest absolute Gasteiger partial charge is 0.434 e. The minimum Gasteiger partial charge on any atom is -0.356 e. The zero-order valence-electron chi connectivity index (χ0n) is 11.7. The van der Waals surface area contributed by atoms with Crippen LogP contribution in [-0.4, -0.2) is 34.7 Å². The smallest absolute Gasteiger partial charge is 0.356 e. The highest BCUT2D eigenvalue weighted by Crippen LogP contribution is 2.29. The zero-order valence-corrected chi connectivity index (χ0v) is 12.6. The number of guanidine groups is 1. The van der Waals surface area contributed by atoms with Gasteiger partial charge in [0.05, 0.1) is 17.2 Å². The number of aliphatic imine (C=N–C) groups is 1. The SMILES string of the molecule is CN=C(NCCc1nc(C(F)(F)F)cs1)NCc1ccn[nH]1. The summed E-state index contributed by atoms with van der Waals surface area (Å²) in [7, 11) is 1.62. The van der Waals surface area contributed by atoms with Gasteiger partial charge in [-0.1, -0.05) is 0 Å². The van der Waals surface area contributed by atoms with Gasteiger partial charge in [0.1, 0.15) is 0 Å². The first kappa shape index (κ1) is 16.3. The molecule has 120 valence electrons. The fraction of sp³-hybridized carbons (Fsp3) is 0.417. The Morgan fingerprint density at radius 3 is 2.82 bits per heavy atom. The Labute approximate surface area is 128 Å². The number of H-pyrrole nitrogens is 1. The number of rotatable bonds is 5. The molecule has 0 radical (unpaired) electrons. The van der Waals surface area contributed by atoms with Crippen LogP contribution in [-0.2, 0) is 19.1 Å². The highest BCUT2D eigenvalue weighted by Gasteiger charge is 2.33. The number of hydrogen-bond donors (Lipinski definition) is 3. The van der Waals surface area contributed by atoms with Gasteiger partial charge in [-0.15, -0.1) is 11.3 Å². The van der Waals surface area contributed by atoms with Crippen molar-refractivity contribution in [2.24, 2.45) is 4.99 Å². The topological polar surface area (TPSA) is 78.0 Å². The van der Waals surface area contributed by atoms with E-state index in [1.165, 1.54) is 0 Å². The third-order valence-electron chi connectivity index (χ3n) is 2.70. The first-order chi connectivity index (χ1) is 10.5. The maximum atomic E-state index is 12.4. The number of halogens is 3. The van der Waals surface area contributed by atoms with Gasteiger partial charge in [-0.3, -0.25) is 10.1 Å². The molecule has 0 saturated carbocycles. The molecule has 22 heavy (non-hydrogen) atoms. The average molecular weight is 332 g/mol. The van der Waals surface area contributed by atoms with Crippen molar-refractivity contribution in [1.29, 1.82) is 0 Å². The number of thiazole rings is 1. The quantitative estimate of drug-likeness (QED) is 0.576. The molecule has 0 saturated heterocycles. The summed E-state index contributed by atoms with van der Waals surface area (Å²) in [6, 6.07) is 1.83. The van der Waals surface area contributed by atoms with Crippen molar-refractivity contribution in [3.05, 3.63) is 34.0 Å². The molecule has 0 unspecified atom stereocenters. The van der Waals surface area contributed by atoms with Gasteiger partial charge in [0.25, 0.3) is 0 Å². The third kappa shape index (κ3) is 4.72. The van der Waals surface area contributed by atoms with E-state index in [0.29, 0.717) is 30.5 Å². The summed E-state index contributed by atoms with van der Waals surface area (Å²) in [5.74, 6) is 0.558. The zero-order chi connectivity index (χ0) is 16.0. The van der Waals surface area contributed by atoms with Crippen LogP contribution < -0.4 is 10.6 Å². The van der Waals surface area contributed by atoms with Crippen molar-refractivity contribution >= 4 is 17.3 Å². The molecule has 0 bridgehead atoms. The minimum absolute atomic E-state index is 0.394. The summed E-state index contributed by atoms with van der Waals surface area (Å²) in [5.41, 5.74) is 0.0620. The predicted octanol–water partition coefficient (Wildman–Crippen LogP) is 1.79. The van der Waals surface area contributed by atoms with Crippen LogP contribution in [0.5, 0.6) is 0 Å². The molecule has 0 amide bonds. The first-order valence-corrected chi connectivity index (χ1v) is 7.31. The second-order valence-electron chi connectivity index (χ2n) is 4.31. The van der Waals surface area contributed by atoms with Crippen molar-refractivity contribution in [1.82, 2.24) is 25.8 Å². The van der Waals surface area contributed by atoms with E-state index in [0.717, 1.165) is 22.4 Å². The van der Waals surface area contributed by atoms with Gasteiger partial charge < -0.3 is 10.6 Å². The number of aromatic nitrogens is 3. The van der Waals surface area contributed by atoms with Crippen LogP contribution in [0, 0.1) is 0 Å². The van der Waals surface area contributed by atoms with E-state index in [-0.39, 0.29) is 0 Å². The number of nitrogens with one attached hydrogen (secondary N) is 3. The molecule has 0 fully saturated rings. The summed E-state index contributed by atoms with van der Waals surface area (Å²) in [6.07, 6.45) is -2.34. The molecule has 6 nitrogen and oxygen atoms in total. The molecule has 0 atom stereocenters. The molecule has 2 rings (SSSR count). The van der Waals surface area contributed by atoms with Gasteiger partial charge in [-0.25, -0.2) is 4.98 Å². The Morgan fingerprint density at radius 2 is 2.23 bits per heavy atom. The Morgan fingerprint density at radius 1 is 1.41 bits per heavy atom. The Bertz CT molecular complexity index is 605. The van der Waals surface area contributed by atoms with Crippen LogP contribution in [0.25, 0.3) is 0 Å². The summed E-state index contributed by atoms with van der Waals surface area (Å²) in [6.45, 7) is 0.961. The highest BCUT2D eigenvalue weighted by molar-refractivity contribution is 7.09. The summed E-state index contributed by atoms with van der Waals surface area (Å²) in [4.78, 5) is 7.60. The molecule has 0 aliphatic carbocycles. The molecule has 10 heteroatoms.